The molecule has 0 aromatic carbocycles. The molecule has 9 nitrogen and oxygen atoms in total. The molecule has 1 saturated carbocycles. The molecule has 1 aliphatic carbocycles. The first-order valence-corrected chi connectivity index (χ1v) is 8.76. The van der Waals surface area contributed by atoms with E-state index in [-0.39, 0.29) is 23.5 Å². The summed E-state index contributed by atoms with van der Waals surface area (Å²) < 4.78 is 11.1. The van der Waals surface area contributed by atoms with Gasteiger partial charge in [-0.2, -0.15) is 15.0 Å². The van der Waals surface area contributed by atoms with Gasteiger partial charge in [-0.05, 0) is 47.5 Å². The maximum absolute atomic E-state index is 5.66. The van der Waals surface area contributed by atoms with Crippen LogP contribution in [0.15, 0.2) is 12.1 Å². The first-order chi connectivity index (χ1) is 12.3. The minimum Gasteiger partial charge on any atom is -0.474 e. The van der Waals surface area contributed by atoms with Gasteiger partial charge >= 0.3 is 6.01 Å². The predicted octanol–water partition coefficient (Wildman–Crippen LogP) is 3.03. The Bertz CT molecular complexity index is 740. The molecule has 0 unspecified atom stereocenters. The van der Waals surface area contributed by atoms with Crippen LogP contribution in [-0.2, 0) is 0 Å². The lowest BCUT2D eigenvalue weighted by Crippen LogP contribution is -2.27. The average Bonchev–Trinajstić information content (AvgIpc) is 3.30. The van der Waals surface area contributed by atoms with Gasteiger partial charge in [0.1, 0.15) is 0 Å². The Balaban J connectivity index is 1.77. The zero-order valence-corrected chi connectivity index (χ0v) is 15.8. The number of aromatic nitrogens is 5. The van der Waals surface area contributed by atoms with E-state index >= 15 is 0 Å². The smallest absolute Gasteiger partial charge is 0.330 e. The highest BCUT2D eigenvalue weighted by atomic mass is 16.5. The van der Waals surface area contributed by atoms with Gasteiger partial charge < -0.3 is 20.1 Å². The molecule has 140 valence electrons. The van der Waals surface area contributed by atoms with Crippen molar-refractivity contribution in [2.75, 3.05) is 10.6 Å². The lowest BCUT2D eigenvalue weighted by atomic mass is 10.1. The summed E-state index contributed by atoms with van der Waals surface area (Å²) in [5.41, 5.74) is -0.189. The third kappa shape index (κ3) is 5.68. The molecule has 26 heavy (non-hydrogen) atoms. The second kappa shape index (κ2) is 7.27. The van der Waals surface area contributed by atoms with Crippen molar-refractivity contribution in [2.24, 2.45) is 0 Å². The minimum atomic E-state index is -0.189. The molecule has 3 rings (SSSR count). The molecule has 0 atom stereocenters. The van der Waals surface area contributed by atoms with Gasteiger partial charge in [-0.15, -0.1) is 10.2 Å². The fourth-order valence-corrected chi connectivity index (χ4v) is 2.03. The zero-order chi connectivity index (χ0) is 18.7. The summed E-state index contributed by atoms with van der Waals surface area (Å²) in [4.78, 5) is 13.0. The van der Waals surface area contributed by atoms with Gasteiger partial charge in [-0.3, -0.25) is 0 Å². The summed E-state index contributed by atoms with van der Waals surface area (Å²) in [6.45, 7) is 9.95. The Labute approximate surface area is 153 Å². The molecule has 9 heteroatoms. The van der Waals surface area contributed by atoms with Crippen molar-refractivity contribution in [1.82, 2.24) is 25.1 Å². The maximum Gasteiger partial charge on any atom is 0.330 e. The van der Waals surface area contributed by atoms with E-state index < -0.39 is 0 Å². The third-order valence-corrected chi connectivity index (χ3v) is 3.18. The highest BCUT2D eigenvalue weighted by molar-refractivity contribution is 5.39. The standard InChI is InChI=1S/C17H25N7O2/c1-10(2)25-12-8-9-13(24-23-12)26-16-20-14(18-11-6-7-11)19-15(21-16)22-17(3,4)5/h8-11H,6-7H2,1-5H3,(H2,18,19,20,21,22). The molecule has 0 spiro atoms. The van der Waals surface area contributed by atoms with E-state index in [4.69, 9.17) is 9.47 Å². The largest absolute Gasteiger partial charge is 0.474 e. The van der Waals surface area contributed by atoms with Gasteiger partial charge in [-0.1, -0.05) is 0 Å². The van der Waals surface area contributed by atoms with Crippen LogP contribution in [0.3, 0.4) is 0 Å². The highest BCUT2D eigenvalue weighted by Gasteiger charge is 2.23. The van der Waals surface area contributed by atoms with Crippen LogP contribution < -0.4 is 20.1 Å². The van der Waals surface area contributed by atoms with Crippen molar-refractivity contribution in [3.05, 3.63) is 12.1 Å². The van der Waals surface area contributed by atoms with E-state index in [9.17, 15) is 0 Å². The Hall–Kier alpha value is -2.71. The summed E-state index contributed by atoms with van der Waals surface area (Å²) in [6, 6.07) is 3.93. The molecule has 2 N–H and O–H groups in total. The van der Waals surface area contributed by atoms with E-state index in [2.05, 4.69) is 35.8 Å². The normalized spacial score (nSPS) is 14.2. The Morgan fingerprint density at radius 1 is 1.00 bits per heavy atom. The summed E-state index contributed by atoms with van der Waals surface area (Å²) >= 11 is 0. The Kier molecular flexibility index (Phi) is 5.06. The third-order valence-electron chi connectivity index (χ3n) is 3.18. The monoisotopic (exact) mass is 359 g/mol. The van der Waals surface area contributed by atoms with Crippen molar-refractivity contribution in [2.45, 2.75) is 65.1 Å². The maximum atomic E-state index is 5.66. The van der Waals surface area contributed by atoms with Crippen LogP contribution in [0.2, 0.25) is 0 Å². The number of rotatable bonds is 7. The quantitative estimate of drug-likeness (QED) is 0.771. The average molecular weight is 359 g/mol. The lowest BCUT2D eigenvalue weighted by Gasteiger charge is -2.20. The van der Waals surface area contributed by atoms with Gasteiger partial charge in [-0.25, -0.2) is 0 Å². The SMILES string of the molecule is CC(C)Oc1ccc(Oc2nc(NC3CC3)nc(NC(C)(C)C)n2)nn1. The molecule has 0 radical (unpaired) electrons. The van der Waals surface area contributed by atoms with Crippen LogP contribution in [0.25, 0.3) is 0 Å². The van der Waals surface area contributed by atoms with Crippen LogP contribution >= 0.6 is 0 Å². The van der Waals surface area contributed by atoms with E-state index in [1.165, 1.54) is 0 Å². The van der Waals surface area contributed by atoms with Gasteiger partial charge in [0.05, 0.1) is 6.10 Å². The van der Waals surface area contributed by atoms with Crippen molar-refractivity contribution in [1.29, 1.82) is 0 Å². The van der Waals surface area contributed by atoms with Gasteiger partial charge in [0, 0.05) is 23.7 Å². The second-order valence-electron chi connectivity index (χ2n) is 7.54. The number of anilines is 2. The van der Waals surface area contributed by atoms with Crippen LogP contribution in [0.4, 0.5) is 11.9 Å². The first kappa shape index (κ1) is 18.1. The summed E-state index contributed by atoms with van der Waals surface area (Å²) in [5.74, 6) is 1.65. The van der Waals surface area contributed by atoms with E-state index in [0.29, 0.717) is 23.8 Å². The second-order valence-corrected chi connectivity index (χ2v) is 7.54. The minimum absolute atomic E-state index is 0.0293. The number of hydrogen-bond acceptors (Lipinski definition) is 9. The van der Waals surface area contributed by atoms with E-state index in [0.717, 1.165) is 12.8 Å². The zero-order valence-electron chi connectivity index (χ0n) is 15.8. The lowest BCUT2D eigenvalue weighted by molar-refractivity contribution is 0.228. The molecule has 0 saturated heterocycles. The van der Waals surface area contributed by atoms with Crippen LogP contribution in [0, 0.1) is 0 Å². The Morgan fingerprint density at radius 2 is 1.65 bits per heavy atom. The number of nitrogens with zero attached hydrogens (tertiary/aromatic N) is 5. The number of hydrogen-bond donors (Lipinski definition) is 2. The summed E-state index contributed by atoms with van der Waals surface area (Å²) in [7, 11) is 0. The molecule has 2 aromatic rings. The predicted molar refractivity (Wildman–Crippen MR) is 97.7 cm³/mol. The van der Waals surface area contributed by atoms with Crippen molar-refractivity contribution < 1.29 is 9.47 Å². The van der Waals surface area contributed by atoms with Crippen LogP contribution in [-0.4, -0.2) is 42.8 Å². The van der Waals surface area contributed by atoms with E-state index in [1.807, 2.05) is 34.6 Å². The van der Waals surface area contributed by atoms with Gasteiger partial charge in [0.15, 0.2) is 0 Å². The van der Waals surface area contributed by atoms with Crippen molar-refractivity contribution in [3.8, 4) is 17.8 Å². The van der Waals surface area contributed by atoms with Crippen molar-refractivity contribution >= 4 is 11.9 Å². The topological polar surface area (TPSA) is 107 Å². The van der Waals surface area contributed by atoms with Crippen LogP contribution in [0.5, 0.6) is 17.8 Å². The number of nitrogens with one attached hydrogen (secondary N) is 2. The first-order valence-electron chi connectivity index (χ1n) is 8.76. The highest BCUT2D eigenvalue weighted by Crippen LogP contribution is 2.25. The number of ether oxygens (including phenoxy) is 2. The summed E-state index contributed by atoms with van der Waals surface area (Å²) in [5, 5.41) is 14.5. The molecular formula is C17H25N7O2. The van der Waals surface area contributed by atoms with Gasteiger partial charge in [0.25, 0.3) is 0 Å². The molecular weight excluding hydrogens is 334 g/mol. The fourth-order valence-electron chi connectivity index (χ4n) is 2.03. The molecule has 0 amide bonds. The molecule has 2 heterocycles. The molecule has 0 aliphatic heterocycles. The van der Waals surface area contributed by atoms with Gasteiger partial charge in [0.2, 0.25) is 23.7 Å². The fraction of sp³-hybridized carbons (Fsp3) is 0.588. The van der Waals surface area contributed by atoms with Crippen LogP contribution in [0.1, 0.15) is 47.5 Å². The molecule has 0 bridgehead atoms. The molecule has 2 aromatic heterocycles. The molecule has 1 aliphatic rings. The van der Waals surface area contributed by atoms with E-state index in [1.54, 1.807) is 12.1 Å². The Morgan fingerprint density at radius 3 is 2.23 bits per heavy atom. The summed E-state index contributed by atoms with van der Waals surface area (Å²) in [6.07, 6.45) is 2.26. The van der Waals surface area contributed by atoms with Crippen molar-refractivity contribution in [3.63, 3.8) is 0 Å². The molecule has 1 fully saturated rings.